The van der Waals surface area contributed by atoms with Gasteiger partial charge in [0.15, 0.2) is 0 Å². The fourth-order valence-corrected chi connectivity index (χ4v) is 3.23. The van der Waals surface area contributed by atoms with E-state index in [1.807, 2.05) is 6.92 Å². The first-order chi connectivity index (χ1) is 9.49. The Balaban J connectivity index is 1.84. The number of hydrogen-bond donors (Lipinski definition) is 2. The van der Waals surface area contributed by atoms with Crippen molar-refractivity contribution in [1.82, 2.24) is 10.2 Å². The minimum absolute atomic E-state index is 0.0178. The molecule has 0 bridgehead atoms. The van der Waals surface area contributed by atoms with Crippen LogP contribution in [0.25, 0.3) is 0 Å². The molecule has 2 rings (SSSR count). The number of hydrogen-bond acceptors (Lipinski definition) is 3. The average Bonchev–Trinajstić information content (AvgIpc) is 3.04. The Hall–Kier alpha value is -1.59. The van der Waals surface area contributed by atoms with Crippen molar-refractivity contribution >= 4 is 17.8 Å². The van der Waals surface area contributed by atoms with Crippen LogP contribution in [0.1, 0.15) is 32.6 Å². The third-order valence-corrected chi connectivity index (χ3v) is 4.32. The molecule has 6 nitrogen and oxygen atoms in total. The van der Waals surface area contributed by atoms with E-state index in [4.69, 9.17) is 5.11 Å². The fraction of sp³-hybridized carbons (Fsp3) is 0.786. The van der Waals surface area contributed by atoms with Gasteiger partial charge in [-0.1, -0.05) is 6.92 Å². The molecule has 1 heterocycles. The summed E-state index contributed by atoms with van der Waals surface area (Å²) < 4.78 is 0. The van der Waals surface area contributed by atoms with Crippen LogP contribution in [0.2, 0.25) is 0 Å². The van der Waals surface area contributed by atoms with E-state index in [1.165, 1.54) is 0 Å². The predicted molar refractivity (Wildman–Crippen MR) is 71.8 cm³/mol. The monoisotopic (exact) mass is 282 g/mol. The van der Waals surface area contributed by atoms with Gasteiger partial charge in [0.2, 0.25) is 11.8 Å². The van der Waals surface area contributed by atoms with Crippen molar-refractivity contribution in [3.63, 3.8) is 0 Å². The number of nitrogens with zero attached hydrogens (tertiary/aromatic N) is 1. The highest BCUT2D eigenvalue weighted by Crippen LogP contribution is 2.36. The fourth-order valence-electron chi connectivity index (χ4n) is 3.23. The second kappa shape index (κ2) is 6.24. The third-order valence-electron chi connectivity index (χ3n) is 4.32. The minimum atomic E-state index is -0.916. The molecule has 1 aliphatic carbocycles. The number of rotatable bonds is 4. The summed E-state index contributed by atoms with van der Waals surface area (Å²) in [6, 6.07) is 0. The van der Waals surface area contributed by atoms with Gasteiger partial charge in [-0.05, 0) is 31.6 Å². The van der Waals surface area contributed by atoms with Crippen molar-refractivity contribution in [3.8, 4) is 0 Å². The van der Waals surface area contributed by atoms with Gasteiger partial charge in [-0.3, -0.25) is 14.4 Å². The Morgan fingerprint density at radius 2 is 1.75 bits per heavy atom. The van der Waals surface area contributed by atoms with E-state index < -0.39 is 17.8 Å². The number of amides is 2. The zero-order valence-electron chi connectivity index (χ0n) is 11.8. The third kappa shape index (κ3) is 3.29. The minimum Gasteiger partial charge on any atom is -0.481 e. The quantitative estimate of drug-likeness (QED) is 0.785. The van der Waals surface area contributed by atoms with Gasteiger partial charge in [0, 0.05) is 13.1 Å². The lowest BCUT2D eigenvalue weighted by atomic mass is 9.95. The summed E-state index contributed by atoms with van der Waals surface area (Å²) in [6.45, 7) is 3.45. The molecule has 0 radical (unpaired) electrons. The Morgan fingerprint density at radius 3 is 2.35 bits per heavy atom. The zero-order chi connectivity index (χ0) is 14.7. The number of carboxylic acid groups (broad SMARTS) is 1. The molecule has 2 amide bonds. The lowest BCUT2D eigenvalue weighted by molar-refractivity contribution is -0.146. The normalized spacial score (nSPS) is 29.4. The molecular formula is C14H22N2O4. The maximum atomic E-state index is 12.1. The summed E-state index contributed by atoms with van der Waals surface area (Å²) in [7, 11) is 0. The van der Waals surface area contributed by atoms with Gasteiger partial charge < -0.3 is 15.3 Å². The van der Waals surface area contributed by atoms with Crippen LogP contribution < -0.4 is 5.32 Å². The summed E-state index contributed by atoms with van der Waals surface area (Å²) in [5.74, 6) is -2.18. The van der Waals surface area contributed by atoms with Crippen LogP contribution in [-0.4, -0.2) is 47.4 Å². The summed E-state index contributed by atoms with van der Waals surface area (Å²) in [5, 5.41) is 11.8. The Kier molecular flexibility index (Phi) is 4.62. The molecule has 20 heavy (non-hydrogen) atoms. The molecule has 1 saturated heterocycles. The molecule has 6 heteroatoms. The number of aliphatic carboxylic acids is 1. The molecule has 2 fully saturated rings. The summed E-state index contributed by atoms with van der Waals surface area (Å²) in [4.78, 5) is 36.8. The van der Waals surface area contributed by atoms with E-state index >= 15 is 0 Å². The summed E-state index contributed by atoms with van der Waals surface area (Å²) in [6.07, 6.45) is 3.15. The second-order valence-corrected chi connectivity index (χ2v) is 5.93. The Bertz CT molecular complexity index is 404. The van der Waals surface area contributed by atoms with Crippen LogP contribution in [0.4, 0.5) is 0 Å². The number of carbonyl (C=O) groups excluding carboxylic acids is 2. The lowest BCUT2D eigenvalue weighted by Gasteiger charge is -2.18. The lowest BCUT2D eigenvalue weighted by Crippen LogP contribution is -2.42. The van der Waals surface area contributed by atoms with Crippen molar-refractivity contribution in [2.45, 2.75) is 32.6 Å². The SMILES string of the molecule is CC1CC(C(=O)O)C(C(=O)NCC(=O)N2CCCC2)C1. The molecule has 112 valence electrons. The molecular weight excluding hydrogens is 260 g/mol. The van der Waals surface area contributed by atoms with Crippen LogP contribution in [0.5, 0.6) is 0 Å². The molecule has 1 saturated carbocycles. The maximum Gasteiger partial charge on any atom is 0.307 e. The van der Waals surface area contributed by atoms with Crippen LogP contribution in [0.15, 0.2) is 0 Å². The van der Waals surface area contributed by atoms with Crippen molar-refractivity contribution in [2.24, 2.45) is 17.8 Å². The van der Waals surface area contributed by atoms with Gasteiger partial charge in [0.25, 0.3) is 0 Å². The molecule has 0 aromatic rings. The summed E-state index contributed by atoms with van der Waals surface area (Å²) >= 11 is 0. The first-order valence-electron chi connectivity index (χ1n) is 7.27. The molecule has 0 aromatic carbocycles. The van der Waals surface area contributed by atoms with E-state index in [-0.39, 0.29) is 24.3 Å². The molecule has 0 aromatic heterocycles. The highest BCUT2D eigenvalue weighted by Gasteiger charge is 2.41. The highest BCUT2D eigenvalue weighted by molar-refractivity contribution is 5.89. The molecule has 2 N–H and O–H groups in total. The van der Waals surface area contributed by atoms with Crippen molar-refractivity contribution in [2.75, 3.05) is 19.6 Å². The van der Waals surface area contributed by atoms with E-state index in [0.29, 0.717) is 12.8 Å². The van der Waals surface area contributed by atoms with Gasteiger partial charge >= 0.3 is 5.97 Å². The summed E-state index contributed by atoms with van der Waals surface area (Å²) in [5.41, 5.74) is 0. The first kappa shape index (κ1) is 14.8. The number of carboxylic acids is 1. The Labute approximate surface area is 118 Å². The highest BCUT2D eigenvalue weighted by atomic mass is 16.4. The first-order valence-corrected chi connectivity index (χ1v) is 7.27. The number of likely N-dealkylation sites (tertiary alicyclic amines) is 1. The van der Waals surface area contributed by atoms with E-state index in [2.05, 4.69) is 5.32 Å². The molecule has 3 unspecified atom stereocenters. The van der Waals surface area contributed by atoms with Gasteiger partial charge in [0.1, 0.15) is 0 Å². The van der Waals surface area contributed by atoms with Crippen molar-refractivity contribution in [1.29, 1.82) is 0 Å². The average molecular weight is 282 g/mol. The predicted octanol–water partition coefficient (Wildman–Crippen LogP) is 0.472. The topological polar surface area (TPSA) is 86.7 Å². The second-order valence-electron chi connectivity index (χ2n) is 5.93. The molecule has 3 atom stereocenters. The van der Waals surface area contributed by atoms with Gasteiger partial charge in [-0.25, -0.2) is 0 Å². The number of carbonyl (C=O) groups is 3. The maximum absolute atomic E-state index is 12.1. The van der Waals surface area contributed by atoms with Crippen LogP contribution in [0, 0.1) is 17.8 Å². The van der Waals surface area contributed by atoms with Crippen LogP contribution in [-0.2, 0) is 14.4 Å². The van der Waals surface area contributed by atoms with Gasteiger partial charge in [-0.15, -0.1) is 0 Å². The smallest absolute Gasteiger partial charge is 0.307 e. The van der Waals surface area contributed by atoms with E-state index in [9.17, 15) is 14.4 Å². The molecule has 1 aliphatic heterocycles. The molecule has 2 aliphatic rings. The van der Waals surface area contributed by atoms with Gasteiger partial charge in [0.05, 0.1) is 18.4 Å². The van der Waals surface area contributed by atoms with E-state index in [0.717, 1.165) is 25.9 Å². The van der Waals surface area contributed by atoms with Crippen molar-refractivity contribution < 1.29 is 19.5 Å². The molecule has 0 spiro atoms. The van der Waals surface area contributed by atoms with Crippen LogP contribution in [0.3, 0.4) is 0 Å². The van der Waals surface area contributed by atoms with Crippen LogP contribution >= 0.6 is 0 Å². The largest absolute Gasteiger partial charge is 0.481 e. The number of nitrogens with one attached hydrogen (secondary N) is 1. The standard InChI is InChI=1S/C14H22N2O4/c1-9-6-10(11(7-9)14(19)20)13(18)15-8-12(17)16-4-2-3-5-16/h9-11H,2-8H2,1H3,(H,15,18)(H,19,20). The van der Waals surface area contributed by atoms with E-state index in [1.54, 1.807) is 4.90 Å². The van der Waals surface area contributed by atoms with Gasteiger partial charge in [-0.2, -0.15) is 0 Å². The van der Waals surface area contributed by atoms with Crippen molar-refractivity contribution in [3.05, 3.63) is 0 Å². The zero-order valence-corrected chi connectivity index (χ0v) is 11.8. The Morgan fingerprint density at radius 1 is 1.15 bits per heavy atom.